The smallest absolute Gasteiger partial charge is 0.152 e. The first-order chi connectivity index (χ1) is 6.75. The van der Waals surface area contributed by atoms with Crippen molar-refractivity contribution in [2.45, 2.75) is 52.2 Å². The molecule has 3 nitrogen and oxygen atoms in total. The van der Waals surface area contributed by atoms with Crippen LogP contribution in [0.25, 0.3) is 0 Å². The second-order valence-corrected chi connectivity index (χ2v) is 7.60. The number of hydrogen-bond acceptors (Lipinski definition) is 3. The molecule has 0 aromatic heterocycles. The lowest BCUT2D eigenvalue weighted by Crippen LogP contribution is -2.26. The average Bonchev–Trinajstić information content (AvgIpc) is 2.16. The summed E-state index contributed by atoms with van der Waals surface area (Å²) in [5, 5.41) is -0.210. The zero-order valence-corrected chi connectivity index (χ0v) is 11.2. The number of nitrogens with two attached hydrogens (primary N) is 1. The first-order valence-corrected chi connectivity index (χ1v) is 7.38. The third-order valence-corrected chi connectivity index (χ3v) is 5.44. The standard InChI is InChI=1S/C11H25NO2S/c1-5-10(2)15(13,14)8-6-7-11(3,4)9-12/h10H,5-9,12H2,1-4H3. The van der Waals surface area contributed by atoms with Crippen LogP contribution >= 0.6 is 0 Å². The normalized spacial score (nSPS) is 15.3. The van der Waals surface area contributed by atoms with Crippen molar-refractivity contribution in [2.75, 3.05) is 12.3 Å². The predicted molar refractivity (Wildman–Crippen MR) is 65.6 cm³/mol. The molecule has 4 heteroatoms. The summed E-state index contributed by atoms with van der Waals surface area (Å²) >= 11 is 0. The highest BCUT2D eigenvalue weighted by atomic mass is 32.2. The van der Waals surface area contributed by atoms with Crippen LogP contribution < -0.4 is 5.73 Å². The molecule has 1 unspecified atom stereocenters. The molecule has 0 saturated carbocycles. The van der Waals surface area contributed by atoms with Gasteiger partial charge in [0, 0.05) is 0 Å². The van der Waals surface area contributed by atoms with Crippen molar-refractivity contribution in [3.63, 3.8) is 0 Å². The molecule has 92 valence electrons. The predicted octanol–water partition coefficient (Wildman–Crippen LogP) is 1.96. The Bertz CT molecular complexity index is 270. The monoisotopic (exact) mass is 235 g/mol. The van der Waals surface area contributed by atoms with E-state index >= 15 is 0 Å². The number of sulfone groups is 1. The topological polar surface area (TPSA) is 60.2 Å². The Morgan fingerprint density at radius 1 is 1.33 bits per heavy atom. The molecule has 0 fully saturated rings. The van der Waals surface area contributed by atoms with Gasteiger partial charge in [0.25, 0.3) is 0 Å². The quantitative estimate of drug-likeness (QED) is 0.734. The van der Waals surface area contributed by atoms with Crippen LogP contribution in [-0.2, 0) is 9.84 Å². The van der Waals surface area contributed by atoms with E-state index in [1.165, 1.54) is 0 Å². The summed E-state index contributed by atoms with van der Waals surface area (Å²) in [6.07, 6.45) is 2.29. The Balaban J connectivity index is 4.07. The van der Waals surface area contributed by atoms with Crippen molar-refractivity contribution in [1.82, 2.24) is 0 Å². The van der Waals surface area contributed by atoms with E-state index in [-0.39, 0.29) is 10.7 Å². The summed E-state index contributed by atoms with van der Waals surface area (Å²) in [6, 6.07) is 0. The van der Waals surface area contributed by atoms with Crippen LogP contribution in [0.4, 0.5) is 0 Å². The first-order valence-electron chi connectivity index (χ1n) is 5.67. The first kappa shape index (κ1) is 14.9. The lowest BCUT2D eigenvalue weighted by Gasteiger charge is -2.22. The largest absolute Gasteiger partial charge is 0.330 e. The van der Waals surface area contributed by atoms with Gasteiger partial charge in [0.1, 0.15) is 0 Å². The Labute approximate surface area is 94.4 Å². The van der Waals surface area contributed by atoms with Gasteiger partial charge in [-0.1, -0.05) is 20.8 Å². The molecule has 0 heterocycles. The van der Waals surface area contributed by atoms with Gasteiger partial charge >= 0.3 is 0 Å². The van der Waals surface area contributed by atoms with Crippen LogP contribution in [-0.4, -0.2) is 26.0 Å². The van der Waals surface area contributed by atoms with E-state index in [0.717, 1.165) is 12.8 Å². The van der Waals surface area contributed by atoms with Crippen molar-refractivity contribution in [2.24, 2.45) is 11.1 Å². The van der Waals surface area contributed by atoms with Crippen molar-refractivity contribution in [3.8, 4) is 0 Å². The van der Waals surface area contributed by atoms with Crippen molar-refractivity contribution in [1.29, 1.82) is 0 Å². The summed E-state index contributed by atoms with van der Waals surface area (Å²) in [6.45, 7) is 8.44. The minimum absolute atomic E-state index is 0.0605. The van der Waals surface area contributed by atoms with E-state index in [0.29, 0.717) is 18.7 Å². The summed E-state index contributed by atoms with van der Waals surface area (Å²) in [5.74, 6) is 0.297. The maximum Gasteiger partial charge on any atom is 0.152 e. The molecule has 1 atom stereocenters. The van der Waals surface area contributed by atoms with Crippen molar-refractivity contribution in [3.05, 3.63) is 0 Å². The molecular formula is C11H25NO2S. The van der Waals surface area contributed by atoms with E-state index in [1.54, 1.807) is 6.92 Å². The summed E-state index contributed by atoms with van der Waals surface area (Å²) in [5.41, 5.74) is 5.65. The van der Waals surface area contributed by atoms with E-state index in [9.17, 15) is 8.42 Å². The van der Waals surface area contributed by atoms with E-state index in [4.69, 9.17) is 5.73 Å². The molecule has 0 aromatic rings. The maximum atomic E-state index is 11.7. The van der Waals surface area contributed by atoms with Gasteiger partial charge in [-0.25, -0.2) is 8.42 Å². The molecule has 0 aliphatic carbocycles. The summed E-state index contributed by atoms with van der Waals surface area (Å²) in [7, 11) is -2.88. The fourth-order valence-corrected chi connectivity index (χ4v) is 2.77. The molecular weight excluding hydrogens is 210 g/mol. The van der Waals surface area contributed by atoms with E-state index in [1.807, 2.05) is 6.92 Å². The minimum atomic E-state index is -2.88. The zero-order chi connectivity index (χ0) is 12.1. The third-order valence-electron chi connectivity index (χ3n) is 3.02. The fraction of sp³-hybridized carbons (Fsp3) is 1.00. The molecule has 0 rings (SSSR count). The Morgan fingerprint density at radius 2 is 1.87 bits per heavy atom. The van der Waals surface area contributed by atoms with Gasteiger partial charge in [-0.3, -0.25) is 0 Å². The molecule has 0 bridgehead atoms. The molecule has 2 N–H and O–H groups in total. The second kappa shape index (κ2) is 5.85. The number of hydrogen-bond donors (Lipinski definition) is 1. The lowest BCUT2D eigenvalue weighted by molar-refractivity contribution is 0.344. The average molecular weight is 235 g/mol. The minimum Gasteiger partial charge on any atom is -0.330 e. The van der Waals surface area contributed by atoms with Gasteiger partial charge < -0.3 is 5.73 Å². The number of rotatable bonds is 7. The molecule has 0 aliphatic rings. The van der Waals surface area contributed by atoms with Crippen molar-refractivity contribution < 1.29 is 8.42 Å². The Morgan fingerprint density at radius 3 is 2.27 bits per heavy atom. The molecule has 0 aromatic carbocycles. The van der Waals surface area contributed by atoms with Crippen LogP contribution in [0.2, 0.25) is 0 Å². The fourth-order valence-electron chi connectivity index (χ4n) is 1.31. The van der Waals surface area contributed by atoms with Gasteiger partial charge in [0.15, 0.2) is 9.84 Å². The van der Waals surface area contributed by atoms with Crippen LogP contribution in [0.1, 0.15) is 47.0 Å². The molecule has 0 radical (unpaired) electrons. The Hall–Kier alpha value is -0.0900. The van der Waals surface area contributed by atoms with Crippen LogP contribution in [0.5, 0.6) is 0 Å². The molecule has 0 aliphatic heterocycles. The van der Waals surface area contributed by atoms with Crippen LogP contribution in [0.3, 0.4) is 0 Å². The van der Waals surface area contributed by atoms with Gasteiger partial charge in [0.05, 0.1) is 11.0 Å². The molecule has 15 heavy (non-hydrogen) atoms. The highest BCUT2D eigenvalue weighted by Gasteiger charge is 2.21. The summed E-state index contributed by atoms with van der Waals surface area (Å²) in [4.78, 5) is 0. The van der Waals surface area contributed by atoms with Crippen LogP contribution in [0.15, 0.2) is 0 Å². The third kappa shape index (κ3) is 5.52. The zero-order valence-electron chi connectivity index (χ0n) is 10.4. The van der Waals surface area contributed by atoms with E-state index in [2.05, 4.69) is 13.8 Å². The lowest BCUT2D eigenvalue weighted by atomic mass is 9.88. The highest BCUT2D eigenvalue weighted by molar-refractivity contribution is 7.91. The maximum absolute atomic E-state index is 11.7. The van der Waals surface area contributed by atoms with Gasteiger partial charge in [-0.05, 0) is 38.1 Å². The van der Waals surface area contributed by atoms with E-state index < -0.39 is 9.84 Å². The molecule has 0 saturated heterocycles. The van der Waals surface area contributed by atoms with Gasteiger partial charge in [-0.2, -0.15) is 0 Å². The molecule has 0 amide bonds. The molecule has 0 spiro atoms. The van der Waals surface area contributed by atoms with Crippen molar-refractivity contribution >= 4 is 9.84 Å². The SMILES string of the molecule is CCC(C)S(=O)(=O)CCCC(C)(C)CN. The highest BCUT2D eigenvalue weighted by Crippen LogP contribution is 2.21. The second-order valence-electron chi connectivity index (χ2n) is 5.06. The summed E-state index contributed by atoms with van der Waals surface area (Å²) < 4.78 is 23.4. The van der Waals surface area contributed by atoms with Gasteiger partial charge in [-0.15, -0.1) is 0 Å². The Kier molecular flexibility index (Phi) is 5.81. The van der Waals surface area contributed by atoms with Gasteiger partial charge in [0.2, 0.25) is 0 Å². The van der Waals surface area contributed by atoms with Crippen LogP contribution in [0, 0.1) is 5.41 Å².